The number of methoxy groups -OCH3 is 1. The van der Waals surface area contributed by atoms with E-state index in [0.717, 1.165) is 32.1 Å². The van der Waals surface area contributed by atoms with Crippen molar-refractivity contribution in [1.82, 2.24) is 24.4 Å². The maximum Gasteiger partial charge on any atom is 0.296 e. The summed E-state index contributed by atoms with van der Waals surface area (Å²) >= 11 is 0. The van der Waals surface area contributed by atoms with E-state index in [-0.39, 0.29) is 17.3 Å². The van der Waals surface area contributed by atoms with E-state index in [9.17, 15) is 13.9 Å². The molecule has 1 unspecified atom stereocenters. The number of nitrogens with one attached hydrogen (secondary N) is 1. The van der Waals surface area contributed by atoms with Crippen LogP contribution in [0.1, 0.15) is 58.2 Å². The van der Waals surface area contributed by atoms with Gasteiger partial charge in [0.25, 0.3) is 6.43 Å². The third-order valence-corrected chi connectivity index (χ3v) is 9.05. The van der Waals surface area contributed by atoms with Crippen molar-refractivity contribution in [2.45, 2.75) is 70.1 Å². The molecule has 1 spiro atoms. The summed E-state index contributed by atoms with van der Waals surface area (Å²) in [6.07, 6.45) is 2.56. The first-order chi connectivity index (χ1) is 20.0. The first-order valence-electron chi connectivity index (χ1n) is 14.8. The first kappa shape index (κ1) is 29.0. The van der Waals surface area contributed by atoms with Crippen molar-refractivity contribution in [3.63, 3.8) is 0 Å². The largest absolute Gasteiger partial charge is 0.497 e. The summed E-state index contributed by atoms with van der Waals surface area (Å²) in [5.41, 5.74) is 0.413. The van der Waals surface area contributed by atoms with Crippen LogP contribution in [0.2, 0.25) is 0 Å². The molecule has 42 heavy (non-hydrogen) atoms. The molecule has 2 saturated carbocycles. The van der Waals surface area contributed by atoms with Crippen molar-refractivity contribution in [3.8, 4) is 11.6 Å². The number of hydrogen-bond acceptors (Lipinski definition) is 9. The van der Waals surface area contributed by atoms with Crippen molar-refractivity contribution >= 4 is 22.8 Å². The second-order valence-electron chi connectivity index (χ2n) is 12.7. The number of ether oxygens (including phenoxy) is 2. The van der Waals surface area contributed by atoms with E-state index in [1.165, 1.54) is 4.57 Å². The summed E-state index contributed by atoms with van der Waals surface area (Å²) < 4.78 is 41.0. The van der Waals surface area contributed by atoms with Crippen molar-refractivity contribution in [2.24, 2.45) is 5.41 Å². The minimum atomic E-state index is -2.79. The van der Waals surface area contributed by atoms with E-state index in [1.54, 1.807) is 31.4 Å². The van der Waals surface area contributed by atoms with Crippen molar-refractivity contribution in [2.75, 3.05) is 57.2 Å². The van der Waals surface area contributed by atoms with Gasteiger partial charge in [-0.3, -0.25) is 4.57 Å². The topological polar surface area (TPSA) is 101 Å². The molecule has 1 aromatic carbocycles. The highest BCUT2D eigenvalue weighted by molar-refractivity contribution is 5.80. The highest BCUT2D eigenvalue weighted by Gasteiger charge is 2.55. The van der Waals surface area contributed by atoms with Crippen molar-refractivity contribution in [1.29, 1.82) is 0 Å². The van der Waals surface area contributed by atoms with Gasteiger partial charge in [-0.25, -0.2) is 13.8 Å². The standard InChI is InChI=1S/C30H41F2N7O3/c1-29(2,40)18-37(3)19-7-9-30(10-8-19)17-23(30)34-28-35-24(38-11-13-42-14-12-38)16-25(36-28)39-22-15-20(41-4)5-6-21(22)33-27(39)26(31)32/h5-6,15-16,19,23,26,40H,7-14,17-18H2,1-4H3,(H,34,35,36). The molecular weight excluding hydrogens is 544 g/mol. The van der Waals surface area contributed by atoms with Gasteiger partial charge in [-0.15, -0.1) is 0 Å². The fourth-order valence-electron chi connectivity index (χ4n) is 6.76. The normalized spacial score (nSPS) is 24.6. The van der Waals surface area contributed by atoms with Gasteiger partial charge in [-0.1, -0.05) is 0 Å². The minimum absolute atomic E-state index is 0.188. The molecule has 3 fully saturated rings. The van der Waals surface area contributed by atoms with Crippen LogP contribution in [0, 0.1) is 5.41 Å². The smallest absolute Gasteiger partial charge is 0.296 e. The van der Waals surface area contributed by atoms with Crippen LogP contribution in [0.15, 0.2) is 24.3 Å². The molecule has 0 radical (unpaired) electrons. The zero-order chi connectivity index (χ0) is 29.6. The molecule has 10 nitrogen and oxygen atoms in total. The molecule has 2 aromatic heterocycles. The van der Waals surface area contributed by atoms with Crippen LogP contribution < -0.4 is 15.0 Å². The van der Waals surface area contributed by atoms with Crippen LogP contribution >= 0.6 is 0 Å². The Morgan fingerprint density at radius 1 is 1.14 bits per heavy atom. The van der Waals surface area contributed by atoms with Gasteiger partial charge in [-0.05, 0) is 70.5 Å². The van der Waals surface area contributed by atoms with Crippen molar-refractivity contribution < 1.29 is 23.4 Å². The van der Waals surface area contributed by atoms with E-state index in [0.29, 0.717) is 73.3 Å². The Kier molecular flexibility index (Phi) is 7.73. The minimum Gasteiger partial charge on any atom is -0.497 e. The predicted molar refractivity (Wildman–Crippen MR) is 157 cm³/mol. The van der Waals surface area contributed by atoms with Gasteiger partial charge in [0.05, 0.1) is 37.0 Å². The lowest BCUT2D eigenvalue weighted by atomic mass is 9.82. The third-order valence-electron chi connectivity index (χ3n) is 9.05. The summed E-state index contributed by atoms with van der Waals surface area (Å²) in [7, 11) is 3.64. The second-order valence-corrected chi connectivity index (χ2v) is 12.7. The number of hydrogen-bond donors (Lipinski definition) is 2. The maximum atomic E-state index is 14.3. The third kappa shape index (κ3) is 5.89. The number of anilines is 2. The second kappa shape index (κ2) is 11.2. The van der Waals surface area contributed by atoms with Gasteiger partial charge in [0, 0.05) is 43.9 Å². The molecule has 0 amide bonds. The molecule has 2 N–H and O–H groups in total. The number of benzene rings is 1. The van der Waals surface area contributed by atoms with Gasteiger partial charge < -0.3 is 29.7 Å². The van der Waals surface area contributed by atoms with Gasteiger partial charge >= 0.3 is 0 Å². The zero-order valence-electron chi connectivity index (χ0n) is 24.8. The Morgan fingerprint density at radius 2 is 1.86 bits per heavy atom. The van der Waals surface area contributed by atoms with Gasteiger partial charge in [-0.2, -0.15) is 9.97 Å². The number of aliphatic hydroxyl groups is 1. The molecule has 1 atom stereocenters. The Morgan fingerprint density at radius 3 is 2.52 bits per heavy atom. The summed E-state index contributed by atoms with van der Waals surface area (Å²) in [4.78, 5) is 18.3. The molecule has 3 aromatic rings. The lowest BCUT2D eigenvalue weighted by molar-refractivity contribution is 0.0213. The van der Waals surface area contributed by atoms with E-state index in [2.05, 4.69) is 27.1 Å². The number of fused-ring (bicyclic) bond motifs is 1. The number of aromatic nitrogens is 4. The van der Waals surface area contributed by atoms with Crippen LogP contribution in [0.25, 0.3) is 16.9 Å². The average molecular weight is 586 g/mol. The van der Waals surface area contributed by atoms with Gasteiger partial charge in [0.1, 0.15) is 17.4 Å². The van der Waals surface area contributed by atoms with E-state index in [1.807, 2.05) is 13.8 Å². The highest BCUT2D eigenvalue weighted by Crippen LogP contribution is 2.57. The van der Waals surface area contributed by atoms with Crippen LogP contribution in [0.4, 0.5) is 20.5 Å². The molecule has 3 aliphatic rings. The SMILES string of the molecule is COc1ccc2nc(C(F)F)n(-c3cc(N4CCOCC4)nc(NC4CC45CCC(N(C)CC(C)(C)O)CC5)n3)c2c1. The Bertz CT molecular complexity index is 1410. The Labute approximate surface area is 245 Å². The van der Waals surface area contributed by atoms with Crippen LogP contribution in [0.5, 0.6) is 5.75 Å². The molecule has 0 bridgehead atoms. The van der Waals surface area contributed by atoms with Crippen LogP contribution in [0.3, 0.4) is 0 Å². The summed E-state index contributed by atoms with van der Waals surface area (Å²) in [5.74, 6) is 1.62. The summed E-state index contributed by atoms with van der Waals surface area (Å²) in [6.45, 7) is 6.80. The quantitative estimate of drug-likeness (QED) is 0.378. The van der Waals surface area contributed by atoms with E-state index in [4.69, 9.17) is 19.4 Å². The number of imidazole rings is 1. The fraction of sp³-hybridized carbons (Fsp3) is 0.633. The van der Waals surface area contributed by atoms with Gasteiger partial charge in [0.2, 0.25) is 5.95 Å². The number of nitrogens with zero attached hydrogens (tertiary/aromatic N) is 6. The fourth-order valence-corrected chi connectivity index (χ4v) is 6.76. The predicted octanol–water partition coefficient (Wildman–Crippen LogP) is 4.41. The molecule has 228 valence electrons. The van der Waals surface area contributed by atoms with E-state index >= 15 is 0 Å². The number of alkyl halides is 2. The number of morpholine rings is 1. The monoisotopic (exact) mass is 585 g/mol. The summed E-state index contributed by atoms with van der Waals surface area (Å²) in [5, 5.41) is 13.8. The maximum absolute atomic E-state index is 14.3. The van der Waals surface area contributed by atoms with E-state index < -0.39 is 12.0 Å². The van der Waals surface area contributed by atoms with Crippen LogP contribution in [-0.4, -0.2) is 94.2 Å². The molecule has 1 saturated heterocycles. The molecule has 3 heterocycles. The number of rotatable bonds is 9. The lowest BCUT2D eigenvalue weighted by Gasteiger charge is -2.37. The number of halogens is 2. The molecular formula is C30H41F2N7O3. The molecule has 6 rings (SSSR count). The zero-order valence-corrected chi connectivity index (χ0v) is 24.8. The number of likely N-dealkylation sites (N-methyl/N-ethyl adjacent to an activating group) is 1. The Balaban J connectivity index is 1.29. The van der Waals surface area contributed by atoms with Crippen molar-refractivity contribution in [3.05, 3.63) is 30.1 Å². The Hall–Kier alpha value is -3.09. The summed E-state index contributed by atoms with van der Waals surface area (Å²) in [6, 6.07) is 7.54. The highest BCUT2D eigenvalue weighted by atomic mass is 19.3. The van der Waals surface area contributed by atoms with Crippen LogP contribution in [-0.2, 0) is 4.74 Å². The first-order valence-corrected chi connectivity index (χ1v) is 14.8. The molecule has 2 aliphatic carbocycles. The average Bonchev–Trinajstić information content (AvgIpc) is 3.45. The molecule has 12 heteroatoms. The molecule has 1 aliphatic heterocycles. The lowest BCUT2D eigenvalue weighted by Crippen LogP contribution is -2.44. The van der Waals surface area contributed by atoms with Gasteiger partial charge in [0.15, 0.2) is 5.82 Å².